The van der Waals surface area contributed by atoms with E-state index in [4.69, 9.17) is 35.9 Å². The number of hydrogen-bond donors (Lipinski definition) is 1. The van der Waals surface area contributed by atoms with Crippen LogP contribution in [0.5, 0.6) is 0 Å². The highest BCUT2D eigenvalue weighted by molar-refractivity contribution is 6.41. The molecule has 3 aliphatic rings. The maximum Gasteiger partial charge on any atom is 0.281 e. The summed E-state index contributed by atoms with van der Waals surface area (Å²) < 4.78 is 11.6. The molecule has 5 atom stereocenters. The van der Waals surface area contributed by atoms with E-state index < -0.39 is 10.9 Å². The minimum atomic E-state index is -1.55. The van der Waals surface area contributed by atoms with Gasteiger partial charge in [-0.05, 0) is 53.9 Å². The number of methoxy groups -OCH3 is 1. The summed E-state index contributed by atoms with van der Waals surface area (Å²) in [6, 6.07) is 6.39. The first-order chi connectivity index (χ1) is 14.7. The third-order valence-electron chi connectivity index (χ3n) is 7.63. The van der Waals surface area contributed by atoms with Crippen molar-refractivity contribution < 1.29 is 9.47 Å². The number of aromatic nitrogens is 2. The number of aliphatic imine (C=N–C) groups is 1. The summed E-state index contributed by atoms with van der Waals surface area (Å²) in [6.45, 7) is 4.46. The largest absolute Gasteiger partial charge is 0.476 e. The van der Waals surface area contributed by atoms with Crippen molar-refractivity contribution in [3.8, 4) is 11.1 Å². The molecular formula is C23H26B2N4O2. The third-order valence-corrected chi connectivity index (χ3v) is 7.63. The normalized spacial score (nSPS) is 35.7. The second-order valence-electron chi connectivity index (χ2n) is 9.57. The van der Waals surface area contributed by atoms with E-state index in [9.17, 15) is 0 Å². The number of ether oxygens (including phenoxy) is 2. The number of nitrogens with zero attached hydrogens (tertiary/aromatic N) is 3. The van der Waals surface area contributed by atoms with Crippen LogP contribution in [0, 0.1) is 17.3 Å². The summed E-state index contributed by atoms with van der Waals surface area (Å²) in [7, 11) is 15.1. The number of benzene rings is 1. The van der Waals surface area contributed by atoms with Crippen LogP contribution in [-0.2, 0) is 21.4 Å². The van der Waals surface area contributed by atoms with Crippen molar-refractivity contribution in [3.05, 3.63) is 48.0 Å². The fourth-order valence-electron chi connectivity index (χ4n) is 6.81. The molecule has 156 valence electrons. The number of rotatable bonds is 2. The maximum absolute atomic E-state index is 6.68. The van der Waals surface area contributed by atoms with Crippen molar-refractivity contribution in [2.45, 2.75) is 50.2 Å². The number of hydrogen-bond acceptors (Lipinski definition) is 6. The fraction of sp³-hybridized carbons (Fsp3) is 0.522. The molecule has 3 unspecified atom stereocenters. The quantitative estimate of drug-likeness (QED) is 0.766. The summed E-state index contributed by atoms with van der Waals surface area (Å²) >= 11 is 0. The van der Waals surface area contributed by atoms with Gasteiger partial charge in [0.1, 0.15) is 27.6 Å². The SMILES string of the molecule is [B]C1([B])OC(N)=NC12c1cc(-c3cncnc3)ccc1CC21C[C@@H](C)C(OC)[C@@H](C)C1. The molecule has 2 aromatic rings. The second kappa shape index (κ2) is 6.83. The standard InChI is InChI=1S/C23H26B2N4O2/c1-13-7-21(8-14(2)19(13)30-3)9-16-5-4-15(17-10-27-12-28-11-17)6-18(16)22(21)23(24,25)31-20(26)29-22/h4-6,10-14,19H,7-9H2,1-3H3,(H2,26,29)/t13-,14+,19?,21?,22?. The van der Waals surface area contributed by atoms with Gasteiger partial charge >= 0.3 is 0 Å². The Balaban J connectivity index is 1.71. The first-order valence-electron chi connectivity index (χ1n) is 10.8. The van der Waals surface area contributed by atoms with Crippen LogP contribution in [0.25, 0.3) is 11.1 Å². The van der Waals surface area contributed by atoms with Crippen LogP contribution >= 0.6 is 0 Å². The molecule has 2 N–H and O–H groups in total. The Morgan fingerprint density at radius 2 is 1.77 bits per heavy atom. The molecule has 0 amide bonds. The summed E-state index contributed by atoms with van der Waals surface area (Å²) in [5.41, 5.74) is 8.87. The van der Waals surface area contributed by atoms with Gasteiger partial charge < -0.3 is 15.2 Å². The van der Waals surface area contributed by atoms with Gasteiger partial charge in [0.05, 0.1) is 11.5 Å². The maximum atomic E-state index is 6.68. The summed E-state index contributed by atoms with van der Waals surface area (Å²) in [5, 5.41) is -1.55. The Hall–Kier alpha value is -2.34. The number of nitrogens with two attached hydrogens (primary N) is 1. The molecule has 1 aromatic carbocycles. The molecule has 1 aromatic heterocycles. The molecule has 8 heteroatoms. The van der Waals surface area contributed by atoms with Crippen molar-refractivity contribution in [2.24, 2.45) is 28.0 Å². The molecule has 1 aliphatic heterocycles. The van der Waals surface area contributed by atoms with E-state index >= 15 is 0 Å². The van der Waals surface area contributed by atoms with Crippen LogP contribution in [0.4, 0.5) is 0 Å². The lowest BCUT2D eigenvalue weighted by Crippen LogP contribution is -2.61. The van der Waals surface area contributed by atoms with Gasteiger partial charge in [0, 0.05) is 30.5 Å². The molecule has 2 spiro atoms. The van der Waals surface area contributed by atoms with E-state index in [2.05, 4.69) is 42.0 Å². The molecular weight excluding hydrogens is 386 g/mol. The molecule has 1 saturated carbocycles. The Morgan fingerprint density at radius 1 is 1.10 bits per heavy atom. The van der Waals surface area contributed by atoms with Crippen LogP contribution in [-0.4, -0.2) is 50.3 Å². The van der Waals surface area contributed by atoms with Crippen LogP contribution in [0.3, 0.4) is 0 Å². The molecule has 2 heterocycles. The monoisotopic (exact) mass is 412 g/mol. The van der Waals surface area contributed by atoms with E-state index in [1.165, 1.54) is 11.9 Å². The fourth-order valence-corrected chi connectivity index (χ4v) is 6.81. The lowest BCUT2D eigenvalue weighted by molar-refractivity contribution is -0.0865. The van der Waals surface area contributed by atoms with Gasteiger partial charge in [-0.1, -0.05) is 26.0 Å². The summed E-state index contributed by atoms with van der Waals surface area (Å²) in [5.74, 6) is 0.629. The van der Waals surface area contributed by atoms with Gasteiger partial charge in [0.15, 0.2) is 0 Å². The minimum Gasteiger partial charge on any atom is -0.476 e. The van der Waals surface area contributed by atoms with Crippen molar-refractivity contribution in [2.75, 3.05) is 7.11 Å². The van der Waals surface area contributed by atoms with Crippen LogP contribution < -0.4 is 5.73 Å². The lowest BCUT2D eigenvalue weighted by Gasteiger charge is -2.55. The second-order valence-corrected chi connectivity index (χ2v) is 9.57. The van der Waals surface area contributed by atoms with Crippen LogP contribution in [0.15, 0.2) is 41.9 Å². The van der Waals surface area contributed by atoms with Gasteiger partial charge in [-0.2, -0.15) is 0 Å². The van der Waals surface area contributed by atoms with E-state index in [0.29, 0.717) is 11.8 Å². The van der Waals surface area contributed by atoms with Crippen LogP contribution in [0.1, 0.15) is 37.8 Å². The van der Waals surface area contributed by atoms with Gasteiger partial charge in [-0.3, -0.25) is 0 Å². The Morgan fingerprint density at radius 3 is 2.35 bits per heavy atom. The van der Waals surface area contributed by atoms with Crippen molar-refractivity contribution >= 4 is 21.7 Å². The zero-order valence-corrected chi connectivity index (χ0v) is 18.2. The van der Waals surface area contributed by atoms with Gasteiger partial charge in [0.2, 0.25) is 0 Å². The first kappa shape index (κ1) is 20.6. The highest BCUT2D eigenvalue weighted by Gasteiger charge is 2.69. The first-order valence-corrected chi connectivity index (χ1v) is 10.8. The van der Waals surface area contributed by atoms with Crippen LogP contribution in [0.2, 0.25) is 0 Å². The smallest absolute Gasteiger partial charge is 0.281 e. The molecule has 0 bridgehead atoms. The molecule has 2 aliphatic carbocycles. The van der Waals surface area contributed by atoms with Gasteiger partial charge in [-0.25, -0.2) is 15.0 Å². The third kappa shape index (κ3) is 2.73. The zero-order valence-electron chi connectivity index (χ0n) is 18.2. The van der Waals surface area contributed by atoms with Crippen molar-refractivity contribution in [1.82, 2.24) is 9.97 Å². The molecule has 0 saturated heterocycles. The van der Waals surface area contributed by atoms with Crippen molar-refractivity contribution in [1.29, 1.82) is 0 Å². The van der Waals surface area contributed by atoms with E-state index in [-0.39, 0.29) is 17.5 Å². The Bertz CT molecular complexity index is 1030. The molecule has 1 fully saturated rings. The van der Waals surface area contributed by atoms with E-state index in [1.807, 2.05) is 0 Å². The summed E-state index contributed by atoms with van der Waals surface area (Å²) in [6.07, 6.45) is 7.83. The molecule has 31 heavy (non-hydrogen) atoms. The Kier molecular flexibility index (Phi) is 4.53. The van der Waals surface area contributed by atoms with E-state index in [0.717, 1.165) is 36.0 Å². The van der Waals surface area contributed by atoms with Crippen molar-refractivity contribution in [3.63, 3.8) is 0 Å². The lowest BCUT2D eigenvalue weighted by atomic mass is 9.43. The predicted molar refractivity (Wildman–Crippen MR) is 121 cm³/mol. The molecule has 4 radical (unpaired) electrons. The van der Waals surface area contributed by atoms with E-state index in [1.54, 1.807) is 19.5 Å². The number of fused-ring (bicyclic) bond motifs is 3. The highest BCUT2D eigenvalue weighted by Crippen LogP contribution is 2.66. The van der Waals surface area contributed by atoms with Gasteiger partial charge in [0.25, 0.3) is 6.02 Å². The predicted octanol–water partition coefficient (Wildman–Crippen LogP) is 2.30. The highest BCUT2D eigenvalue weighted by atomic mass is 16.5. The van der Waals surface area contributed by atoms with Gasteiger partial charge in [-0.15, -0.1) is 0 Å². The molecule has 6 nitrogen and oxygen atoms in total. The Labute approximate surface area is 185 Å². The topological polar surface area (TPSA) is 82.6 Å². The summed E-state index contributed by atoms with van der Waals surface area (Å²) in [4.78, 5) is 13.2. The molecule has 5 rings (SSSR count). The zero-order chi connectivity index (χ0) is 22.0. The average Bonchev–Trinajstić information content (AvgIpc) is 3.12. The number of amidine groups is 1. The minimum absolute atomic E-state index is 0.0415. The average molecular weight is 412 g/mol.